The maximum absolute atomic E-state index is 4.48. The van der Waals surface area contributed by atoms with E-state index < -0.39 is 0 Å². The van der Waals surface area contributed by atoms with Crippen molar-refractivity contribution in [1.82, 2.24) is 9.78 Å². The number of unbranched alkanes of at least 4 members (excludes halogenated alkanes) is 1. The number of anilines is 1. The van der Waals surface area contributed by atoms with Crippen LogP contribution in [0.25, 0.3) is 0 Å². The van der Waals surface area contributed by atoms with Crippen molar-refractivity contribution in [2.75, 3.05) is 11.9 Å². The lowest BCUT2D eigenvalue weighted by Gasteiger charge is -2.04. The number of hydrogen-bond donors (Lipinski definition) is 1. The quantitative estimate of drug-likeness (QED) is 0.778. The van der Waals surface area contributed by atoms with Crippen LogP contribution in [0.15, 0.2) is 6.20 Å². The summed E-state index contributed by atoms with van der Waals surface area (Å²) in [5.41, 5.74) is 2.29. The topological polar surface area (TPSA) is 29.9 Å². The monoisotopic (exact) mass is 245 g/mol. The van der Waals surface area contributed by atoms with Crippen molar-refractivity contribution < 1.29 is 0 Å². The second kappa shape index (κ2) is 7.55. The van der Waals surface area contributed by atoms with E-state index in [1.165, 1.54) is 18.5 Å². The summed E-state index contributed by atoms with van der Waals surface area (Å²) in [6.45, 7) is 10.7. The van der Waals surface area contributed by atoms with Gasteiger partial charge in [-0.25, -0.2) is 0 Å². The average molecular weight is 246 g/mol. The molecule has 1 heterocycles. The smallest absolute Gasteiger partial charge is 0.0825 e. The Kier molecular flexibility index (Phi) is 7.22. The van der Waals surface area contributed by atoms with Crippen LogP contribution >= 0.6 is 12.4 Å². The fourth-order valence-corrected chi connectivity index (χ4v) is 1.56. The van der Waals surface area contributed by atoms with E-state index in [1.54, 1.807) is 0 Å². The summed E-state index contributed by atoms with van der Waals surface area (Å²) in [5.74, 6) is 0.646. The van der Waals surface area contributed by atoms with E-state index in [-0.39, 0.29) is 12.4 Å². The Bertz CT molecular complexity index is 294. The highest BCUT2D eigenvalue weighted by atomic mass is 35.5. The first kappa shape index (κ1) is 15.3. The van der Waals surface area contributed by atoms with E-state index >= 15 is 0 Å². The average Bonchev–Trinajstić information content (AvgIpc) is 2.46. The van der Waals surface area contributed by atoms with Crippen LogP contribution in [-0.4, -0.2) is 16.3 Å². The number of nitrogens with zero attached hydrogens (tertiary/aromatic N) is 2. The molecule has 0 unspecified atom stereocenters. The predicted molar refractivity (Wildman–Crippen MR) is 72.4 cm³/mol. The maximum atomic E-state index is 4.48. The normalized spacial score (nSPS) is 10.3. The van der Waals surface area contributed by atoms with Crippen LogP contribution in [0.4, 0.5) is 5.69 Å². The van der Waals surface area contributed by atoms with Crippen LogP contribution in [0, 0.1) is 12.8 Å². The highest BCUT2D eigenvalue weighted by Crippen LogP contribution is 2.13. The zero-order valence-electron chi connectivity index (χ0n) is 10.8. The molecule has 1 aromatic rings. The Morgan fingerprint density at radius 3 is 2.69 bits per heavy atom. The first-order chi connectivity index (χ1) is 7.13. The molecule has 0 bridgehead atoms. The number of nitrogens with one attached hydrogen (secondary N) is 1. The standard InChI is InChI=1S/C12H23N3.ClH/c1-5-6-7-13-12-9-15(8-10(2)3)14-11(12)4;/h9-10,13H,5-8H2,1-4H3;1H. The van der Waals surface area contributed by atoms with Gasteiger partial charge in [-0.3, -0.25) is 4.68 Å². The number of aromatic nitrogens is 2. The second-order valence-electron chi connectivity index (χ2n) is 4.52. The van der Waals surface area contributed by atoms with Gasteiger partial charge in [0, 0.05) is 19.3 Å². The van der Waals surface area contributed by atoms with E-state index in [0.29, 0.717) is 5.92 Å². The molecule has 0 aliphatic carbocycles. The molecular formula is C12H24ClN3. The third-order valence-electron chi connectivity index (χ3n) is 2.34. The van der Waals surface area contributed by atoms with Gasteiger partial charge in [0.1, 0.15) is 0 Å². The van der Waals surface area contributed by atoms with Crippen LogP contribution in [0.3, 0.4) is 0 Å². The molecule has 16 heavy (non-hydrogen) atoms. The molecular weight excluding hydrogens is 222 g/mol. The van der Waals surface area contributed by atoms with Gasteiger partial charge in [0.2, 0.25) is 0 Å². The molecule has 0 aliphatic rings. The van der Waals surface area contributed by atoms with Crippen molar-refractivity contribution >= 4 is 18.1 Å². The van der Waals surface area contributed by atoms with Crippen LogP contribution in [0.2, 0.25) is 0 Å². The highest BCUT2D eigenvalue weighted by molar-refractivity contribution is 5.85. The van der Waals surface area contributed by atoms with Crippen molar-refractivity contribution in [2.45, 2.75) is 47.1 Å². The molecule has 1 aromatic heterocycles. The van der Waals surface area contributed by atoms with Gasteiger partial charge in [0.05, 0.1) is 11.4 Å². The summed E-state index contributed by atoms with van der Waals surface area (Å²) < 4.78 is 2.04. The molecule has 0 radical (unpaired) electrons. The van der Waals surface area contributed by atoms with Crippen LogP contribution in [-0.2, 0) is 6.54 Å². The van der Waals surface area contributed by atoms with Gasteiger partial charge >= 0.3 is 0 Å². The number of hydrogen-bond acceptors (Lipinski definition) is 2. The van der Waals surface area contributed by atoms with Gasteiger partial charge in [-0.2, -0.15) is 5.10 Å². The fourth-order valence-electron chi connectivity index (χ4n) is 1.56. The van der Waals surface area contributed by atoms with Gasteiger partial charge in [-0.15, -0.1) is 12.4 Å². The Labute approximate surface area is 105 Å². The van der Waals surface area contributed by atoms with E-state index in [1.807, 2.05) is 4.68 Å². The van der Waals surface area contributed by atoms with Crippen molar-refractivity contribution in [2.24, 2.45) is 5.92 Å². The highest BCUT2D eigenvalue weighted by Gasteiger charge is 2.04. The predicted octanol–water partition coefficient (Wildman–Crippen LogP) is 3.48. The van der Waals surface area contributed by atoms with Gasteiger partial charge in [0.15, 0.2) is 0 Å². The summed E-state index contributed by atoms with van der Waals surface area (Å²) in [6, 6.07) is 0. The summed E-state index contributed by atoms with van der Waals surface area (Å²) >= 11 is 0. The molecule has 0 aliphatic heterocycles. The molecule has 0 fully saturated rings. The summed E-state index contributed by atoms with van der Waals surface area (Å²) in [6.07, 6.45) is 4.56. The minimum absolute atomic E-state index is 0. The van der Waals surface area contributed by atoms with E-state index in [2.05, 4.69) is 44.3 Å². The molecule has 1 rings (SSSR count). The Morgan fingerprint density at radius 2 is 2.12 bits per heavy atom. The summed E-state index contributed by atoms with van der Waals surface area (Å²) in [5, 5.41) is 7.91. The van der Waals surface area contributed by atoms with Crippen molar-refractivity contribution in [3.05, 3.63) is 11.9 Å². The molecule has 0 spiro atoms. The van der Waals surface area contributed by atoms with Crippen molar-refractivity contribution in [1.29, 1.82) is 0 Å². The molecule has 3 nitrogen and oxygen atoms in total. The second-order valence-corrected chi connectivity index (χ2v) is 4.52. The Morgan fingerprint density at radius 1 is 1.44 bits per heavy atom. The van der Waals surface area contributed by atoms with Crippen LogP contribution in [0.1, 0.15) is 39.3 Å². The number of aryl methyl sites for hydroxylation is 1. The first-order valence-electron chi connectivity index (χ1n) is 5.91. The number of rotatable bonds is 6. The van der Waals surface area contributed by atoms with E-state index in [9.17, 15) is 0 Å². The van der Waals surface area contributed by atoms with Gasteiger partial charge in [-0.1, -0.05) is 27.2 Å². The Hall–Kier alpha value is -0.700. The molecule has 0 aromatic carbocycles. The fraction of sp³-hybridized carbons (Fsp3) is 0.750. The lowest BCUT2D eigenvalue weighted by atomic mass is 10.2. The van der Waals surface area contributed by atoms with E-state index in [0.717, 1.165) is 18.8 Å². The molecule has 0 saturated heterocycles. The van der Waals surface area contributed by atoms with Gasteiger partial charge in [0.25, 0.3) is 0 Å². The third-order valence-corrected chi connectivity index (χ3v) is 2.34. The van der Waals surface area contributed by atoms with Crippen LogP contribution in [0.5, 0.6) is 0 Å². The zero-order chi connectivity index (χ0) is 11.3. The van der Waals surface area contributed by atoms with Crippen molar-refractivity contribution in [3.8, 4) is 0 Å². The Balaban J connectivity index is 0.00000225. The van der Waals surface area contributed by atoms with Crippen molar-refractivity contribution in [3.63, 3.8) is 0 Å². The lowest BCUT2D eigenvalue weighted by molar-refractivity contribution is 0.481. The minimum atomic E-state index is 0. The maximum Gasteiger partial charge on any atom is 0.0825 e. The molecule has 1 N–H and O–H groups in total. The van der Waals surface area contributed by atoms with Crippen LogP contribution < -0.4 is 5.32 Å². The van der Waals surface area contributed by atoms with E-state index in [4.69, 9.17) is 0 Å². The SMILES string of the molecule is CCCCNc1cn(CC(C)C)nc1C.Cl. The summed E-state index contributed by atoms with van der Waals surface area (Å²) in [7, 11) is 0. The zero-order valence-corrected chi connectivity index (χ0v) is 11.6. The van der Waals surface area contributed by atoms with Gasteiger partial charge in [-0.05, 0) is 19.3 Å². The largest absolute Gasteiger partial charge is 0.382 e. The summed E-state index contributed by atoms with van der Waals surface area (Å²) in [4.78, 5) is 0. The molecule has 0 atom stereocenters. The minimum Gasteiger partial charge on any atom is -0.382 e. The lowest BCUT2D eigenvalue weighted by Crippen LogP contribution is -2.04. The van der Waals surface area contributed by atoms with Gasteiger partial charge < -0.3 is 5.32 Å². The first-order valence-corrected chi connectivity index (χ1v) is 5.91. The molecule has 94 valence electrons. The number of halogens is 1. The molecule has 0 amide bonds. The molecule has 4 heteroatoms. The molecule has 0 saturated carbocycles. The third kappa shape index (κ3) is 4.88.